The SMILES string of the molecule is CC(C)C[C@H](NC(=O)[C@@H](N)Cc1ccc(O)cc1)C(=O)NCC(=O)N[C@@H](CCCN=C(N)N)C(=O)N1CCC[C@H]1C(=O)N[C@H](C(=O)N[C@@H](CCC(=O)O)C(=O)N1CCC[C@H]1C(=O)N[C@H](C(=O)O)C(C)C)[C@@H](C)O. The molecular formula is C47H74N12O14. The highest BCUT2D eigenvalue weighted by Crippen LogP contribution is 2.23. The van der Waals surface area contributed by atoms with E-state index in [2.05, 4.69) is 36.9 Å². The Morgan fingerprint density at radius 1 is 0.712 bits per heavy atom. The number of aliphatic carboxylic acids is 2. The van der Waals surface area contributed by atoms with Crippen molar-refractivity contribution in [2.45, 2.75) is 153 Å². The van der Waals surface area contributed by atoms with Crippen molar-refractivity contribution in [3.63, 3.8) is 0 Å². The van der Waals surface area contributed by atoms with Gasteiger partial charge >= 0.3 is 11.9 Å². The van der Waals surface area contributed by atoms with Crippen LogP contribution in [-0.4, -0.2) is 176 Å². The molecule has 0 aromatic heterocycles. The molecule has 1 aromatic carbocycles. The topological polar surface area (TPSA) is 421 Å². The smallest absolute Gasteiger partial charge is 0.326 e. The van der Waals surface area contributed by atoms with Crippen molar-refractivity contribution < 1.29 is 68.4 Å². The normalized spacial score (nSPS) is 18.3. The Labute approximate surface area is 423 Å². The number of hydrogen-bond donors (Lipinski definition) is 13. The number of carbonyl (C=O) groups is 10. The predicted molar refractivity (Wildman–Crippen MR) is 262 cm³/mol. The number of carboxylic acids is 2. The van der Waals surface area contributed by atoms with Crippen LogP contribution < -0.4 is 49.1 Å². The van der Waals surface area contributed by atoms with E-state index >= 15 is 0 Å². The third-order valence-corrected chi connectivity index (χ3v) is 12.3. The Morgan fingerprint density at radius 2 is 1.25 bits per heavy atom. The summed E-state index contributed by atoms with van der Waals surface area (Å²) >= 11 is 0. The number of phenolic OH excluding ortho intramolecular Hbond substituents is 1. The van der Waals surface area contributed by atoms with Crippen LogP contribution in [0.5, 0.6) is 5.75 Å². The lowest BCUT2D eigenvalue weighted by atomic mass is 10.0. The number of amides is 8. The number of hydrogen-bond acceptors (Lipinski definition) is 14. The standard InChI is InChI=1S/C47H74N12O14/c1-24(2)21-32(55-39(65)29(48)22-27-12-14-28(61)15-13-27)40(66)52-23-35(62)53-30(9-6-18-51-47(49)50)44(70)58-19-8-11-34(58)42(68)57-38(26(5)60)43(69)54-31(16-17-36(63)64)45(71)59-20-7-10-33(59)41(67)56-37(25(3)4)46(72)73/h12-15,24-26,29-34,37-38,60-61H,6-11,16-23,48H2,1-5H3,(H,52,66)(H,53,62)(H,54,69)(H,55,65)(H,56,67)(H,57,68)(H,63,64)(H,72,73)(H4,49,50,51)/t26-,29+,30+,31+,32+,33+,34+,37+,38+/m1/s1. The summed E-state index contributed by atoms with van der Waals surface area (Å²) in [7, 11) is 0. The van der Waals surface area contributed by atoms with Crippen LogP contribution in [0, 0.1) is 11.8 Å². The number of nitrogens with one attached hydrogen (secondary N) is 6. The summed E-state index contributed by atoms with van der Waals surface area (Å²) in [6.07, 6.45) is -1.33. The summed E-state index contributed by atoms with van der Waals surface area (Å²) < 4.78 is 0. The number of phenols is 1. The summed E-state index contributed by atoms with van der Waals surface area (Å²) in [4.78, 5) is 139. The maximum absolute atomic E-state index is 14.3. The van der Waals surface area contributed by atoms with Crippen LogP contribution in [0.1, 0.15) is 98.0 Å². The summed E-state index contributed by atoms with van der Waals surface area (Å²) in [5.41, 5.74) is 17.8. The number of aromatic hydroxyl groups is 1. The summed E-state index contributed by atoms with van der Waals surface area (Å²) in [5.74, 6) is -9.75. The Bertz CT molecular complexity index is 2150. The molecule has 0 spiro atoms. The third-order valence-electron chi connectivity index (χ3n) is 12.3. The van der Waals surface area contributed by atoms with Gasteiger partial charge in [-0.05, 0) is 94.2 Å². The molecule has 2 saturated heterocycles. The van der Waals surface area contributed by atoms with E-state index in [1.54, 1.807) is 26.0 Å². The minimum atomic E-state index is -1.75. The number of aliphatic imine (C=N–C) groups is 1. The fourth-order valence-electron chi connectivity index (χ4n) is 8.47. The van der Waals surface area contributed by atoms with Gasteiger partial charge in [0.15, 0.2) is 5.96 Å². The van der Waals surface area contributed by atoms with E-state index in [0.717, 1.165) is 4.90 Å². The zero-order valence-electron chi connectivity index (χ0n) is 42.0. The number of guanidine groups is 1. The number of aliphatic hydroxyl groups is 1. The maximum atomic E-state index is 14.3. The number of carbonyl (C=O) groups excluding carboxylic acids is 8. The second-order valence-electron chi connectivity index (χ2n) is 19.1. The minimum Gasteiger partial charge on any atom is -0.508 e. The Hall–Kier alpha value is -7.09. The second kappa shape index (κ2) is 28.8. The first kappa shape index (κ1) is 60.2. The van der Waals surface area contributed by atoms with E-state index < -0.39 is 139 Å². The first-order chi connectivity index (χ1) is 34.3. The molecule has 9 atom stereocenters. The average molecular weight is 1030 g/mol. The molecule has 8 amide bonds. The van der Waals surface area contributed by atoms with Gasteiger partial charge in [0.25, 0.3) is 0 Å². The van der Waals surface area contributed by atoms with Gasteiger partial charge in [0.2, 0.25) is 47.3 Å². The van der Waals surface area contributed by atoms with Crippen LogP contribution in [0.25, 0.3) is 0 Å². The number of likely N-dealkylation sites (tertiary alicyclic amines) is 2. The van der Waals surface area contributed by atoms with Gasteiger partial charge in [0.05, 0.1) is 18.7 Å². The molecule has 0 bridgehead atoms. The average Bonchev–Trinajstić information content (AvgIpc) is 4.02. The first-order valence-corrected chi connectivity index (χ1v) is 24.4. The molecule has 2 fully saturated rings. The molecule has 2 aliphatic rings. The van der Waals surface area contributed by atoms with Crippen LogP contribution in [0.15, 0.2) is 29.3 Å². The minimum absolute atomic E-state index is 0.0286. The van der Waals surface area contributed by atoms with Gasteiger partial charge in [0.1, 0.15) is 48.0 Å². The van der Waals surface area contributed by atoms with Crippen molar-refractivity contribution in [1.29, 1.82) is 0 Å². The lowest BCUT2D eigenvalue weighted by Crippen LogP contribution is -2.61. The lowest BCUT2D eigenvalue weighted by molar-refractivity contribution is -0.146. The number of rotatable bonds is 28. The number of nitrogens with two attached hydrogens (primary N) is 3. The first-order valence-electron chi connectivity index (χ1n) is 24.4. The zero-order chi connectivity index (χ0) is 54.7. The van der Waals surface area contributed by atoms with E-state index in [-0.39, 0.29) is 75.8 Å². The third kappa shape index (κ3) is 19.1. The fourth-order valence-corrected chi connectivity index (χ4v) is 8.47. The van der Waals surface area contributed by atoms with Crippen molar-refractivity contribution in [3.8, 4) is 5.75 Å². The Kier molecular flexibility index (Phi) is 23.8. The zero-order valence-corrected chi connectivity index (χ0v) is 42.0. The van der Waals surface area contributed by atoms with E-state index in [9.17, 15) is 68.4 Å². The molecule has 2 aliphatic heterocycles. The molecule has 0 aliphatic carbocycles. The van der Waals surface area contributed by atoms with Crippen molar-refractivity contribution in [2.24, 2.45) is 34.0 Å². The molecule has 406 valence electrons. The van der Waals surface area contributed by atoms with Crippen molar-refractivity contribution >= 4 is 65.2 Å². The van der Waals surface area contributed by atoms with E-state index in [1.807, 2.05) is 13.8 Å². The Morgan fingerprint density at radius 3 is 1.74 bits per heavy atom. The number of nitrogens with zero attached hydrogens (tertiary/aromatic N) is 3. The van der Waals surface area contributed by atoms with Gasteiger partial charge in [0, 0.05) is 26.1 Å². The van der Waals surface area contributed by atoms with Crippen molar-refractivity contribution in [2.75, 3.05) is 26.2 Å². The maximum Gasteiger partial charge on any atom is 0.326 e. The molecule has 0 radical (unpaired) electrons. The van der Waals surface area contributed by atoms with Gasteiger partial charge in [-0.2, -0.15) is 0 Å². The monoisotopic (exact) mass is 1030 g/mol. The molecule has 3 rings (SSSR count). The molecule has 0 saturated carbocycles. The van der Waals surface area contributed by atoms with E-state index in [4.69, 9.17) is 17.2 Å². The van der Waals surface area contributed by atoms with E-state index in [0.29, 0.717) is 18.4 Å². The van der Waals surface area contributed by atoms with Gasteiger partial charge in [-0.15, -0.1) is 0 Å². The summed E-state index contributed by atoms with van der Waals surface area (Å²) in [6.45, 7) is 7.51. The fraction of sp³-hybridized carbons (Fsp3) is 0.638. The molecule has 0 unspecified atom stereocenters. The molecule has 16 N–H and O–H groups in total. The van der Waals surface area contributed by atoms with Crippen LogP contribution in [-0.2, 0) is 54.4 Å². The van der Waals surface area contributed by atoms with Crippen LogP contribution in [0.3, 0.4) is 0 Å². The highest BCUT2D eigenvalue weighted by atomic mass is 16.4. The van der Waals surface area contributed by atoms with Crippen molar-refractivity contribution in [3.05, 3.63) is 29.8 Å². The molecule has 1 aromatic rings. The van der Waals surface area contributed by atoms with Gasteiger partial charge in [-0.3, -0.25) is 48.1 Å². The molecule has 26 nitrogen and oxygen atoms in total. The van der Waals surface area contributed by atoms with Crippen LogP contribution in [0.4, 0.5) is 0 Å². The van der Waals surface area contributed by atoms with Crippen LogP contribution in [0.2, 0.25) is 0 Å². The lowest BCUT2D eigenvalue weighted by Gasteiger charge is -2.32. The highest BCUT2D eigenvalue weighted by Gasteiger charge is 2.42. The number of benzene rings is 1. The number of carboxylic acid groups (broad SMARTS) is 2. The molecular weight excluding hydrogens is 957 g/mol. The van der Waals surface area contributed by atoms with Crippen molar-refractivity contribution in [1.82, 2.24) is 41.7 Å². The highest BCUT2D eigenvalue weighted by molar-refractivity contribution is 5.98. The largest absolute Gasteiger partial charge is 0.508 e. The Balaban J connectivity index is 1.75. The predicted octanol–water partition coefficient (Wildman–Crippen LogP) is -3.13. The van der Waals surface area contributed by atoms with Gasteiger partial charge in [-0.25, -0.2) is 4.79 Å². The summed E-state index contributed by atoms with van der Waals surface area (Å²) in [6, 6.07) is -4.24. The number of aliphatic hydroxyl groups excluding tert-OH is 1. The molecule has 26 heteroatoms. The molecule has 73 heavy (non-hydrogen) atoms. The van der Waals surface area contributed by atoms with Gasteiger partial charge < -0.3 is 79.3 Å². The quantitative estimate of drug-likeness (QED) is 0.0224. The van der Waals surface area contributed by atoms with Gasteiger partial charge in [-0.1, -0.05) is 39.8 Å². The molecule has 2 heterocycles. The van der Waals surface area contributed by atoms with E-state index in [1.165, 1.54) is 24.0 Å². The second-order valence-corrected chi connectivity index (χ2v) is 19.1. The summed E-state index contributed by atoms with van der Waals surface area (Å²) in [5, 5.41) is 54.5. The van der Waals surface area contributed by atoms with Crippen LogP contribution >= 0.6 is 0 Å².